The lowest BCUT2D eigenvalue weighted by molar-refractivity contribution is -0.130. The van der Waals surface area contributed by atoms with Crippen molar-refractivity contribution in [2.45, 2.75) is 33.6 Å². The Balaban J connectivity index is 2.50. The van der Waals surface area contributed by atoms with E-state index in [1.54, 1.807) is 0 Å². The first kappa shape index (κ1) is 8.98. The maximum absolute atomic E-state index is 12.1. The van der Waals surface area contributed by atoms with Crippen LogP contribution in [0.2, 0.25) is 0 Å². The van der Waals surface area contributed by atoms with E-state index >= 15 is 0 Å². The summed E-state index contributed by atoms with van der Waals surface area (Å²) in [5.74, 6) is 1.11. The van der Waals surface area contributed by atoms with E-state index in [9.17, 15) is 4.79 Å². The molecule has 2 aliphatic rings. The Hall–Kier alpha value is -0.590. The summed E-state index contributed by atoms with van der Waals surface area (Å²) in [6.45, 7) is 10.4. The summed E-state index contributed by atoms with van der Waals surface area (Å²) in [7, 11) is 0. The van der Waals surface area contributed by atoms with E-state index in [0.717, 1.165) is 6.42 Å². The van der Waals surface area contributed by atoms with Gasteiger partial charge >= 0.3 is 0 Å². The fraction of sp³-hybridized carbons (Fsp3) is 0.750. The highest BCUT2D eigenvalue weighted by Crippen LogP contribution is 2.65. The quantitative estimate of drug-likeness (QED) is 0.564. The van der Waals surface area contributed by atoms with Crippen LogP contribution in [0.4, 0.5) is 0 Å². The lowest BCUT2D eigenvalue weighted by Crippen LogP contribution is -2.33. The Labute approximate surface area is 80.2 Å². The molecule has 1 heteroatoms. The molecular formula is C12H18O. The van der Waals surface area contributed by atoms with Gasteiger partial charge in [0.15, 0.2) is 0 Å². The first-order valence-corrected chi connectivity index (χ1v) is 5.12. The van der Waals surface area contributed by atoms with Gasteiger partial charge in [-0.2, -0.15) is 0 Å². The number of rotatable bonds is 1. The SMILES string of the molecule is C=CC1C(=O)C2(C)CCC1C2(C)C. The summed E-state index contributed by atoms with van der Waals surface area (Å²) >= 11 is 0. The van der Waals surface area contributed by atoms with Crippen molar-refractivity contribution < 1.29 is 4.79 Å². The predicted octanol–water partition coefficient (Wildman–Crippen LogP) is 2.81. The molecule has 0 aromatic carbocycles. The minimum absolute atomic E-state index is 0.0729. The van der Waals surface area contributed by atoms with Gasteiger partial charge in [0.25, 0.3) is 0 Å². The molecule has 72 valence electrons. The molecule has 3 atom stereocenters. The van der Waals surface area contributed by atoms with Gasteiger partial charge in [-0.15, -0.1) is 6.58 Å². The maximum atomic E-state index is 12.1. The molecule has 0 aliphatic heterocycles. The van der Waals surface area contributed by atoms with Crippen LogP contribution in [0.25, 0.3) is 0 Å². The van der Waals surface area contributed by atoms with Crippen LogP contribution in [-0.4, -0.2) is 5.78 Å². The number of ketones is 1. The molecule has 0 spiro atoms. The fourth-order valence-electron chi connectivity index (χ4n) is 3.43. The van der Waals surface area contributed by atoms with Gasteiger partial charge in [0.2, 0.25) is 0 Å². The summed E-state index contributed by atoms with van der Waals surface area (Å²) in [5.41, 5.74) is 0.111. The maximum Gasteiger partial charge on any atom is 0.146 e. The highest BCUT2D eigenvalue weighted by Gasteiger charge is 2.65. The van der Waals surface area contributed by atoms with Crippen molar-refractivity contribution in [3.05, 3.63) is 12.7 Å². The van der Waals surface area contributed by atoms with Gasteiger partial charge in [0.05, 0.1) is 0 Å². The first-order chi connectivity index (χ1) is 5.95. The van der Waals surface area contributed by atoms with Gasteiger partial charge in [-0.3, -0.25) is 4.79 Å². The van der Waals surface area contributed by atoms with E-state index < -0.39 is 0 Å². The smallest absolute Gasteiger partial charge is 0.146 e. The van der Waals surface area contributed by atoms with Crippen molar-refractivity contribution >= 4 is 5.78 Å². The summed E-state index contributed by atoms with van der Waals surface area (Å²) in [6.07, 6.45) is 4.14. The molecule has 2 rings (SSSR count). The largest absolute Gasteiger partial charge is 0.298 e. The fourth-order valence-corrected chi connectivity index (χ4v) is 3.43. The van der Waals surface area contributed by atoms with Crippen LogP contribution in [0.3, 0.4) is 0 Å². The lowest BCUT2D eigenvalue weighted by atomic mass is 9.70. The molecule has 13 heavy (non-hydrogen) atoms. The second-order valence-electron chi connectivity index (χ2n) is 5.32. The highest BCUT2D eigenvalue weighted by molar-refractivity contribution is 5.92. The Bertz CT molecular complexity index is 277. The number of allylic oxidation sites excluding steroid dienone is 1. The van der Waals surface area contributed by atoms with Gasteiger partial charge in [-0.1, -0.05) is 26.8 Å². The van der Waals surface area contributed by atoms with Crippen molar-refractivity contribution in [2.24, 2.45) is 22.7 Å². The molecule has 2 saturated carbocycles. The summed E-state index contributed by atoms with van der Waals surface area (Å²) < 4.78 is 0. The van der Waals surface area contributed by atoms with Crippen molar-refractivity contribution in [1.82, 2.24) is 0 Å². The van der Waals surface area contributed by atoms with Gasteiger partial charge in [0, 0.05) is 11.3 Å². The van der Waals surface area contributed by atoms with E-state index in [2.05, 4.69) is 27.4 Å². The van der Waals surface area contributed by atoms with Crippen LogP contribution in [-0.2, 0) is 4.79 Å². The summed E-state index contributed by atoms with van der Waals surface area (Å²) in [6, 6.07) is 0. The van der Waals surface area contributed by atoms with Crippen molar-refractivity contribution in [2.75, 3.05) is 0 Å². The topological polar surface area (TPSA) is 17.1 Å². The third kappa shape index (κ3) is 0.762. The molecule has 0 heterocycles. The van der Waals surface area contributed by atoms with Crippen molar-refractivity contribution in [3.63, 3.8) is 0 Å². The Morgan fingerprint density at radius 3 is 2.38 bits per heavy atom. The molecule has 0 aromatic rings. The van der Waals surface area contributed by atoms with Crippen LogP contribution >= 0.6 is 0 Å². The average Bonchev–Trinajstić information content (AvgIpc) is 2.36. The van der Waals surface area contributed by atoms with E-state index in [1.165, 1.54) is 6.42 Å². The Morgan fingerprint density at radius 2 is 2.08 bits per heavy atom. The second-order valence-corrected chi connectivity index (χ2v) is 5.32. The third-order valence-corrected chi connectivity index (χ3v) is 4.84. The molecule has 1 nitrogen and oxygen atoms in total. The van der Waals surface area contributed by atoms with Crippen LogP contribution in [0.5, 0.6) is 0 Å². The van der Waals surface area contributed by atoms with Crippen LogP contribution < -0.4 is 0 Å². The molecule has 0 aromatic heterocycles. The van der Waals surface area contributed by atoms with Crippen LogP contribution in [0, 0.1) is 22.7 Å². The predicted molar refractivity (Wildman–Crippen MR) is 53.3 cm³/mol. The number of Topliss-reactive ketones (excluding diaryl/α,β-unsaturated/α-hetero) is 1. The van der Waals surface area contributed by atoms with E-state index in [4.69, 9.17) is 0 Å². The molecule has 3 unspecified atom stereocenters. The van der Waals surface area contributed by atoms with Gasteiger partial charge in [-0.25, -0.2) is 0 Å². The Morgan fingerprint density at radius 1 is 1.46 bits per heavy atom. The van der Waals surface area contributed by atoms with Crippen molar-refractivity contribution in [3.8, 4) is 0 Å². The zero-order valence-electron chi connectivity index (χ0n) is 8.76. The van der Waals surface area contributed by atoms with Gasteiger partial charge in [0.1, 0.15) is 5.78 Å². The standard InChI is InChI=1S/C12H18O/c1-5-8-9-6-7-12(4,10(8)13)11(9,2)3/h5,8-9H,1,6-7H2,2-4H3. The number of carbonyl (C=O) groups excluding carboxylic acids is 1. The average molecular weight is 178 g/mol. The molecule has 0 saturated heterocycles. The molecular weight excluding hydrogens is 160 g/mol. The normalized spacial score (nSPS) is 46.8. The van der Waals surface area contributed by atoms with Crippen LogP contribution in [0.1, 0.15) is 33.6 Å². The lowest BCUT2D eigenvalue weighted by Gasteiger charge is -2.32. The third-order valence-electron chi connectivity index (χ3n) is 4.84. The van der Waals surface area contributed by atoms with Gasteiger partial charge in [-0.05, 0) is 24.2 Å². The zero-order chi connectivity index (χ0) is 9.85. The number of hydrogen-bond acceptors (Lipinski definition) is 1. The van der Waals surface area contributed by atoms with E-state index in [-0.39, 0.29) is 16.7 Å². The molecule has 0 radical (unpaired) electrons. The van der Waals surface area contributed by atoms with E-state index in [0.29, 0.717) is 11.7 Å². The number of hydrogen-bond donors (Lipinski definition) is 0. The second kappa shape index (κ2) is 2.26. The molecule has 0 N–H and O–H groups in total. The summed E-state index contributed by atoms with van der Waals surface area (Å²) in [4.78, 5) is 12.1. The van der Waals surface area contributed by atoms with Crippen molar-refractivity contribution in [1.29, 1.82) is 0 Å². The highest BCUT2D eigenvalue weighted by atomic mass is 16.1. The molecule has 2 fully saturated rings. The Kier molecular flexibility index (Phi) is 1.56. The molecule has 2 bridgehead atoms. The number of carbonyl (C=O) groups is 1. The first-order valence-electron chi connectivity index (χ1n) is 5.12. The monoisotopic (exact) mass is 178 g/mol. The zero-order valence-corrected chi connectivity index (χ0v) is 8.76. The molecule has 0 amide bonds. The van der Waals surface area contributed by atoms with E-state index in [1.807, 2.05) is 6.08 Å². The minimum Gasteiger partial charge on any atom is -0.298 e. The number of fused-ring (bicyclic) bond motifs is 2. The van der Waals surface area contributed by atoms with Crippen LogP contribution in [0.15, 0.2) is 12.7 Å². The summed E-state index contributed by atoms with van der Waals surface area (Å²) in [5, 5.41) is 0. The van der Waals surface area contributed by atoms with Gasteiger partial charge < -0.3 is 0 Å². The molecule has 2 aliphatic carbocycles. The minimum atomic E-state index is -0.0729.